The first-order valence-electron chi connectivity index (χ1n) is 46.8. The third kappa shape index (κ3) is 22.2. The smallest absolute Gasteiger partial charge is 0.310 e. The highest BCUT2D eigenvalue weighted by molar-refractivity contribution is 5.99. The highest BCUT2D eigenvalue weighted by Gasteiger charge is 2.53. The Kier molecular flexibility index (Phi) is 30.5. The van der Waals surface area contributed by atoms with E-state index in [0.717, 1.165) is 253 Å². The predicted molar refractivity (Wildman–Crippen MR) is 513 cm³/mol. The SMILES string of the molecule is COCc1ccc2c(c1)COc1ccc(C(C)=O)cc1C2=C1CCN(CC(C)(C)C(=O)O)CC1.COCc1ccc2c(c1)COc1ccc(C(C)=O)cc1C2=C1CCN(CC2(C(=O)O)CC2)CC1.COCc1ccc2c(c1)COc1ccc(OC)cc1C2=C1CCN(CC(C)(C)C(=O)O)CC1.COCc1ccc2c(c1)COc1ccc(OC)cc1C2=C1CCN(CC2(C(=O)O)CC2)CC1. The van der Waals surface area contributed by atoms with Gasteiger partial charge >= 0.3 is 23.9 Å². The summed E-state index contributed by atoms with van der Waals surface area (Å²) in [6.07, 6.45) is 10.2. The Balaban J connectivity index is 0.000000136. The molecule has 8 aromatic carbocycles. The lowest BCUT2D eigenvalue weighted by Gasteiger charge is -2.34. The number of nitrogens with zero attached hydrogens (tertiary/aromatic N) is 4. The van der Waals surface area contributed by atoms with Gasteiger partial charge in [-0.05, 0) is 305 Å². The minimum absolute atomic E-state index is 0.0257. The molecule has 8 aromatic rings. The molecule has 10 aliphatic rings. The second kappa shape index (κ2) is 42.1. The maximum absolute atomic E-state index is 12.2. The number of likely N-dealkylation sites (tertiary alicyclic amines) is 4. The second-order valence-corrected chi connectivity index (χ2v) is 38.7. The number of aliphatic carboxylic acids is 4. The Morgan fingerprint density at radius 1 is 0.328 bits per heavy atom. The molecule has 0 bridgehead atoms. The van der Waals surface area contributed by atoms with E-state index in [1.807, 2.05) is 60.7 Å². The molecule has 2 aliphatic carbocycles. The van der Waals surface area contributed by atoms with Crippen LogP contribution in [-0.2, 0) is 91.0 Å². The maximum atomic E-state index is 12.2. The molecule has 134 heavy (non-hydrogen) atoms. The van der Waals surface area contributed by atoms with Crippen molar-refractivity contribution in [3.8, 4) is 34.5 Å². The summed E-state index contributed by atoms with van der Waals surface area (Å²) in [7, 11) is 10.2. The van der Waals surface area contributed by atoms with E-state index < -0.39 is 45.5 Å². The number of Topliss-reactive ketones (excluding diaryl/α,β-unsaturated/α-hetero) is 2. The monoisotopic (exact) mass is 1820 g/mol. The van der Waals surface area contributed by atoms with Gasteiger partial charge in [-0.15, -0.1) is 0 Å². The number of piperidine rings is 4. The predicted octanol–water partition coefficient (Wildman–Crippen LogP) is 18.9. The average Bonchev–Trinajstić information content (AvgIpc) is 1.54. The fraction of sp³-hybridized carbons (Fsp3) is 0.436. The highest BCUT2D eigenvalue weighted by atomic mass is 16.5. The Hall–Kier alpha value is -11.6. The van der Waals surface area contributed by atoms with Crippen molar-refractivity contribution in [3.63, 3.8) is 0 Å². The van der Waals surface area contributed by atoms with Crippen molar-refractivity contribution in [3.05, 3.63) is 268 Å². The van der Waals surface area contributed by atoms with Gasteiger partial charge in [0.15, 0.2) is 11.6 Å². The van der Waals surface area contributed by atoms with Crippen molar-refractivity contribution < 1.29 is 96.6 Å². The van der Waals surface area contributed by atoms with E-state index in [0.29, 0.717) is 90.2 Å². The molecule has 0 unspecified atom stereocenters. The third-order valence-electron chi connectivity index (χ3n) is 28.1. The van der Waals surface area contributed by atoms with E-state index in [9.17, 15) is 49.2 Å². The zero-order chi connectivity index (χ0) is 94.9. The highest BCUT2D eigenvalue weighted by Crippen LogP contribution is 2.52. The third-order valence-corrected chi connectivity index (χ3v) is 28.1. The van der Waals surface area contributed by atoms with Crippen LogP contribution in [0, 0.1) is 21.7 Å². The van der Waals surface area contributed by atoms with Gasteiger partial charge in [0.2, 0.25) is 0 Å². The minimum Gasteiger partial charge on any atom is -0.497 e. The topological polar surface area (TPSA) is 289 Å². The lowest BCUT2D eigenvalue weighted by molar-refractivity contribution is -0.148. The minimum atomic E-state index is -0.784. The van der Waals surface area contributed by atoms with Crippen molar-refractivity contribution >= 4 is 57.7 Å². The summed E-state index contributed by atoms with van der Waals surface area (Å²) in [6, 6.07) is 49.2. The summed E-state index contributed by atoms with van der Waals surface area (Å²) in [4.78, 5) is 79.9. The van der Waals surface area contributed by atoms with Crippen LogP contribution in [0.1, 0.15) is 228 Å². The molecule has 8 heterocycles. The molecular formula is C110H128N4O20. The molecule has 8 aliphatic heterocycles. The number of benzene rings is 8. The zero-order valence-corrected chi connectivity index (χ0v) is 79.6. The summed E-state index contributed by atoms with van der Waals surface area (Å²) in [5.74, 6) is 2.14. The van der Waals surface area contributed by atoms with Gasteiger partial charge in [0.25, 0.3) is 0 Å². The number of ether oxygens (including phenoxy) is 10. The standard InChI is InChI=1S/C28H31NO5.C28H33NO5.C27H31NO5.C27H33NO5/c1-18(30)21-4-6-25-24(14-21)26(23-5-3-19(15-33-2)13-22(23)16-34-25)20-7-11-29(12-8-20)17-28(9-10-28)27(31)32;1-18(30)21-6-8-25-24(14-21)26(23-7-5-19(15-33-4)13-22(23)16-34-25)20-9-11-29(12-10-20)17-28(2,3)27(31)32;1-31-15-18-3-5-22-20(13-18)16-33-24-6-4-21(32-2)14-23(24)25(22)19-7-11-28(12-8-19)17-27(9-10-27)26(29)30;1-27(2,26(29)30)17-28-11-9-19(10-12-28)25-22-7-5-18(15-31-3)13-20(22)16-33-24-8-6-21(32-4)14-23(24)25/h3-6,13-14H,7-12,15-17H2,1-2H3,(H,31,32);5-8,13-14H,9-12,15-17H2,1-4H3,(H,31,32);3-6,13-14H,7-12,15-17H2,1-2H3,(H,29,30);5-8,13-14H,9-12,15-17H2,1-4H3,(H,29,30). The number of ketones is 2. The molecular weight excluding hydrogens is 1700 g/mol. The van der Waals surface area contributed by atoms with E-state index in [4.69, 9.17) is 47.4 Å². The Morgan fingerprint density at radius 3 is 0.813 bits per heavy atom. The van der Waals surface area contributed by atoms with Crippen LogP contribution in [0.5, 0.6) is 34.5 Å². The summed E-state index contributed by atoms with van der Waals surface area (Å²) < 4.78 is 57.3. The Labute approximate surface area is 786 Å². The first-order valence-corrected chi connectivity index (χ1v) is 46.8. The number of carbonyl (C=O) groups excluding carboxylic acids is 2. The molecule has 0 amide bonds. The van der Waals surface area contributed by atoms with Gasteiger partial charge in [0, 0.05) is 140 Å². The Bertz CT molecular complexity index is 5550. The molecule has 24 nitrogen and oxygen atoms in total. The number of methoxy groups -OCH3 is 6. The second-order valence-electron chi connectivity index (χ2n) is 38.7. The van der Waals surface area contributed by atoms with Gasteiger partial charge in [-0.25, -0.2) is 0 Å². The number of hydrogen-bond acceptors (Lipinski definition) is 20. The van der Waals surface area contributed by atoms with E-state index in [1.165, 1.54) is 44.6 Å². The molecule has 2 saturated carbocycles. The maximum Gasteiger partial charge on any atom is 0.310 e. The number of fused-ring (bicyclic) bond motifs is 8. The normalized spacial score (nSPS) is 17.8. The number of rotatable bonds is 24. The molecule has 6 fully saturated rings. The molecule has 24 heteroatoms. The van der Waals surface area contributed by atoms with Crippen molar-refractivity contribution in [2.75, 3.05) is 121 Å². The van der Waals surface area contributed by atoms with Crippen molar-refractivity contribution in [2.45, 2.75) is 171 Å². The van der Waals surface area contributed by atoms with Crippen LogP contribution < -0.4 is 28.4 Å². The number of carboxylic acids is 4. The molecule has 18 rings (SSSR count). The van der Waals surface area contributed by atoms with Gasteiger partial charge < -0.3 is 87.4 Å². The quantitative estimate of drug-likeness (QED) is 0.0409. The van der Waals surface area contributed by atoms with Gasteiger partial charge in [-0.1, -0.05) is 70.8 Å². The van der Waals surface area contributed by atoms with Crippen molar-refractivity contribution in [1.29, 1.82) is 0 Å². The van der Waals surface area contributed by atoms with Crippen LogP contribution in [0.2, 0.25) is 0 Å². The van der Waals surface area contributed by atoms with Crippen LogP contribution in [0.15, 0.2) is 168 Å². The summed E-state index contributed by atoms with van der Waals surface area (Å²) in [5.41, 5.74) is 26.6. The van der Waals surface area contributed by atoms with Crippen LogP contribution in [0.3, 0.4) is 0 Å². The number of carboxylic acid groups (broad SMARTS) is 4. The van der Waals surface area contributed by atoms with E-state index >= 15 is 0 Å². The number of hydrogen-bond donors (Lipinski definition) is 4. The fourth-order valence-corrected chi connectivity index (χ4v) is 20.1. The molecule has 0 atom stereocenters. The fourth-order valence-electron chi connectivity index (χ4n) is 20.1. The zero-order valence-electron chi connectivity index (χ0n) is 79.6. The molecule has 708 valence electrons. The molecule has 4 saturated heterocycles. The van der Waals surface area contributed by atoms with Crippen molar-refractivity contribution in [2.24, 2.45) is 21.7 Å². The molecule has 0 radical (unpaired) electrons. The largest absolute Gasteiger partial charge is 0.497 e. The van der Waals surface area contributed by atoms with Crippen LogP contribution in [-0.4, -0.2) is 197 Å². The van der Waals surface area contributed by atoms with Gasteiger partial charge in [-0.3, -0.25) is 28.8 Å². The average molecular weight is 1830 g/mol. The van der Waals surface area contributed by atoms with Crippen LogP contribution in [0.25, 0.3) is 22.3 Å². The first-order chi connectivity index (χ1) is 64.4. The molecule has 0 spiro atoms. The summed E-state index contributed by atoms with van der Waals surface area (Å²) in [5, 5.41) is 38.2. The van der Waals surface area contributed by atoms with Gasteiger partial charge in [-0.2, -0.15) is 0 Å². The molecule has 0 aromatic heterocycles. The van der Waals surface area contributed by atoms with Gasteiger partial charge in [0.1, 0.15) is 60.9 Å². The lowest BCUT2D eigenvalue weighted by atomic mass is 9.84. The Morgan fingerprint density at radius 2 is 0.582 bits per heavy atom. The first kappa shape index (κ1) is 97.0. The van der Waals surface area contributed by atoms with E-state index in [1.54, 1.807) is 84.2 Å². The van der Waals surface area contributed by atoms with Crippen molar-refractivity contribution in [1.82, 2.24) is 19.6 Å². The van der Waals surface area contributed by atoms with Crippen LogP contribution in [0.4, 0.5) is 0 Å². The number of carbonyl (C=O) groups is 6. The summed E-state index contributed by atoms with van der Waals surface area (Å²) in [6.45, 7) is 23.5. The van der Waals surface area contributed by atoms with E-state index in [2.05, 4.69) is 105 Å². The van der Waals surface area contributed by atoms with Crippen LogP contribution >= 0.6 is 0 Å². The lowest BCUT2D eigenvalue weighted by Crippen LogP contribution is -2.42. The summed E-state index contributed by atoms with van der Waals surface area (Å²) >= 11 is 0. The molecule has 4 N–H and O–H groups in total. The van der Waals surface area contributed by atoms with Gasteiger partial charge in [0.05, 0.1) is 62.3 Å². The van der Waals surface area contributed by atoms with E-state index in [-0.39, 0.29) is 11.6 Å².